The standard InChI is InChI=1S/C14H26/c1-4-7-9-10-11-13-14(6-3)12-8-5-2/h4,7,14H,1-2,5-6,8-13H2,3H3. The highest BCUT2D eigenvalue weighted by Gasteiger charge is 2.04. The molecule has 0 aliphatic rings. The summed E-state index contributed by atoms with van der Waals surface area (Å²) in [6.07, 6.45) is 14.5. The first-order valence-electron chi connectivity index (χ1n) is 6.08. The van der Waals surface area contributed by atoms with Crippen LogP contribution in [0.1, 0.15) is 58.3 Å². The van der Waals surface area contributed by atoms with Crippen LogP contribution in [0.4, 0.5) is 0 Å². The van der Waals surface area contributed by atoms with Crippen LogP contribution in [0.2, 0.25) is 0 Å². The largest absolute Gasteiger partial charge is 0.0885 e. The Balaban J connectivity index is 3.32. The van der Waals surface area contributed by atoms with Gasteiger partial charge >= 0.3 is 0 Å². The van der Waals surface area contributed by atoms with Crippen molar-refractivity contribution in [1.29, 1.82) is 0 Å². The second-order valence-corrected chi connectivity index (χ2v) is 4.03. The molecule has 0 bridgehead atoms. The van der Waals surface area contributed by atoms with Gasteiger partial charge in [-0.25, -0.2) is 0 Å². The molecule has 0 fully saturated rings. The fourth-order valence-corrected chi connectivity index (χ4v) is 1.80. The van der Waals surface area contributed by atoms with Crippen molar-refractivity contribution in [3.63, 3.8) is 0 Å². The quantitative estimate of drug-likeness (QED) is 0.455. The molecular formula is C14H26. The third-order valence-electron chi connectivity index (χ3n) is 2.84. The Hall–Kier alpha value is -0.260. The lowest BCUT2D eigenvalue weighted by molar-refractivity contribution is 0.408. The first-order valence-corrected chi connectivity index (χ1v) is 6.08. The summed E-state index contributed by atoms with van der Waals surface area (Å²) in [6, 6.07) is 0. The minimum atomic E-state index is 0.945. The maximum Gasteiger partial charge on any atom is -0.0316 e. The normalized spacial score (nSPS) is 13.6. The van der Waals surface area contributed by atoms with Gasteiger partial charge in [0.25, 0.3) is 0 Å². The Labute approximate surface area is 90.8 Å². The van der Waals surface area contributed by atoms with E-state index in [1.165, 1.54) is 44.9 Å². The molecule has 0 aromatic heterocycles. The number of hydrogen-bond acceptors (Lipinski definition) is 0. The van der Waals surface area contributed by atoms with Crippen molar-refractivity contribution in [3.8, 4) is 0 Å². The minimum absolute atomic E-state index is 0.945. The SMILES string of the molecule is [CH2]C=CCCCCC(CC)CCC[CH2]. The van der Waals surface area contributed by atoms with Crippen LogP contribution in [0, 0.1) is 19.8 Å². The van der Waals surface area contributed by atoms with E-state index in [9.17, 15) is 0 Å². The lowest BCUT2D eigenvalue weighted by Crippen LogP contribution is -1.98. The summed E-state index contributed by atoms with van der Waals surface area (Å²) in [6.45, 7) is 9.89. The zero-order chi connectivity index (χ0) is 10.6. The van der Waals surface area contributed by atoms with E-state index in [4.69, 9.17) is 0 Å². The van der Waals surface area contributed by atoms with Crippen LogP contribution in [0.3, 0.4) is 0 Å². The molecule has 0 heteroatoms. The van der Waals surface area contributed by atoms with Gasteiger partial charge in [-0.2, -0.15) is 0 Å². The maximum atomic E-state index is 3.90. The van der Waals surface area contributed by atoms with Crippen molar-refractivity contribution in [3.05, 3.63) is 26.0 Å². The summed E-state index contributed by atoms with van der Waals surface area (Å²) in [5.41, 5.74) is 0. The molecule has 0 heterocycles. The third kappa shape index (κ3) is 8.34. The van der Waals surface area contributed by atoms with Crippen molar-refractivity contribution in [2.24, 2.45) is 5.92 Å². The first-order chi connectivity index (χ1) is 6.85. The van der Waals surface area contributed by atoms with Crippen molar-refractivity contribution in [2.75, 3.05) is 0 Å². The monoisotopic (exact) mass is 194 g/mol. The maximum absolute atomic E-state index is 3.90. The topological polar surface area (TPSA) is 0 Å². The average Bonchev–Trinajstić information content (AvgIpc) is 2.22. The minimum Gasteiger partial charge on any atom is -0.0885 e. The van der Waals surface area contributed by atoms with Crippen LogP contribution in [0.5, 0.6) is 0 Å². The van der Waals surface area contributed by atoms with E-state index < -0.39 is 0 Å². The molecule has 82 valence electrons. The summed E-state index contributed by atoms with van der Waals surface area (Å²) in [4.78, 5) is 0. The molecule has 0 N–H and O–H groups in total. The Morgan fingerprint density at radius 2 is 1.86 bits per heavy atom. The number of unbranched alkanes of at least 4 members (excludes halogenated alkanes) is 3. The molecule has 14 heavy (non-hydrogen) atoms. The number of allylic oxidation sites excluding steroid dienone is 2. The van der Waals surface area contributed by atoms with Crippen molar-refractivity contribution < 1.29 is 0 Å². The van der Waals surface area contributed by atoms with Crippen molar-refractivity contribution in [2.45, 2.75) is 58.3 Å². The van der Waals surface area contributed by atoms with Crippen LogP contribution in [-0.2, 0) is 0 Å². The predicted octanol–water partition coefficient (Wildman–Crippen LogP) is 4.97. The lowest BCUT2D eigenvalue weighted by Gasteiger charge is -2.13. The van der Waals surface area contributed by atoms with Crippen molar-refractivity contribution >= 4 is 0 Å². The molecule has 0 aliphatic carbocycles. The van der Waals surface area contributed by atoms with E-state index in [1.807, 2.05) is 6.08 Å². The van der Waals surface area contributed by atoms with Crippen LogP contribution in [0.15, 0.2) is 12.2 Å². The summed E-state index contributed by atoms with van der Waals surface area (Å²) >= 11 is 0. The predicted molar refractivity (Wildman–Crippen MR) is 66.0 cm³/mol. The van der Waals surface area contributed by atoms with E-state index in [0.717, 1.165) is 12.3 Å². The van der Waals surface area contributed by atoms with E-state index in [0.29, 0.717) is 0 Å². The van der Waals surface area contributed by atoms with Gasteiger partial charge in [0.15, 0.2) is 0 Å². The molecule has 0 nitrogen and oxygen atoms in total. The van der Waals surface area contributed by atoms with E-state index in [-0.39, 0.29) is 0 Å². The third-order valence-corrected chi connectivity index (χ3v) is 2.84. The second-order valence-electron chi connectivity index (χ2n) is 4.03. The van der Waals surface area contributed by atoms with Gasteiger partial charge in [0.1, 0.15) is 0 Å². The zero-order valence-electron chi connectivity index (χ0n) is 9.80. The van der Waals surface area contributed by atoms with Crippen LogP contribution in [0.25, 0.3) is 0 Å². The summed E-state index contributed by atoms with van der Waals surface area (Å²) in [5.74, 6) is 0.945. The Morgan fingerprint density at radius 3 is 2.43 bits per heavy atom. The molecule has 1 atom stereocenters. The van der Waals surface area contributed by atoms with Gasteiger partial charge < -0.3 is 0 Å². The van der Waals surface area contributed by atoms with Crippen molar-refractivity contribution in [1.82, 2.24) is 0 Å². The smallest absolute Gasteiger partial charge is 0.0316 e. The van der Waals surface area contributed by atoms with Gasteiger partial charge in [0.2, 0.25) is 0 Å². The van der Waals surface area contributed by atoms with Crippen LogP contribution in [-0.4, -0.2) is 0 Å². The summed E-state index contributed by atoms with van der Waals surface area (Å²) < 4.78 is 0. The average molecular weight is 194 g/mol. The van der Waals surface area contributed by atoms with Crippen LogP contribution < -0.4 is 0 Å². The molecule has 0 aromatic carbocycles. The fourth-order valence-electron chi connectivity index (χ4n) is 1.80. The van der Waals surface area contributed by atoms with Gasteiger partial charge in [0.05, 0.1) is 0 Å². The number of rotatable bonds is 9. The van der Waals surface area contributed by atoms with Gasteiger partial charge in [0, 0.05) is 0 Å². The van der Waals surface area contributed by atoms with E-state index in [1.54, 1.807) is 0 Å². The highest BCUT2D eigenvalue weighted by atomic mass is 14.1. The molecule has 0 spiro atoms. The Morgan fingerprint density at radius 1 is 1.14 bits per heavy atom. The molecule has 0 aliphatic heterocycles. The molecular weight excluding hydrogens is 168 g/mol. The molecule has 0 aromatic rings. The van der Waals surface area contributed by atoms with Crippen LogP contribution >= 0.6 is 0 Å². The fraction of sp³-hybridized carbons (Fsp3) is 0.714. The van der Waals surface area contributed by atoms with Gasteiger partial charge in [-0.15, -0.1) is 0 Å². The highest BCUT2D eigenvalue weighted by molar-refractivity contribution is 4.83. The molecule has 0 rings (SSSR count). The highest BCUT2D eigenvalue weighted by Crippen LogP contribution is 2.19. The molecule has 0 amide bonds. The summed E-state index contributed by atoms with van der Waals surface area (Å²) in [7, 11) is 0. The second kappa shape index (κ2) is 10.8. The summed E-state index contributed by atoms with van der Waals surface area (Å²) in [5, 5.41) is 0. The van der Waals surface area contributed by atoms with Gasteiger partial charge in [-0.05, 0) is 25.7 Å². The van der Waals surface area contributed by atoms with Gasteiger partial charge in [-0.1, -0.05) is 64.5 Å². The molecule has 0 saturated carbocycles. The Kier molecular flexibility index (Phi) is 10.6. The first kappa shape index (κ1) is 13.7. The zero-order valence-corrected chi connectivity index (χ0v) is 9.80. The Bertz CT molecular complexity index is 124. The van der Waals surface area contributed by atoms with E-state index >= 15 is 0 Å². The number of hydrogen-bond donors (Lipinski definition) is 0. The van der Waals surface area contributed by atoms with Gasteiger partial charge in [-0.3, -0.25) is 0 Å². The molecule has 1 unspecified atom stereocenters. The molecule has 0 saturated heterocycles. The van der Waals surface area contributed by atoms with E-state index in [2.05, 4.69) is 26.8 Å². The lowest BCUT2D eigenvalue weighted by atomic mass is 9.93. The molecule has 2 radical (unpaired) electrons.